The van der Waals surface area contributed by atoms with Crippen LogP contribution in [0.25, 0.3) is 0 Å². The second-order valence-electron chi connectivity index (χ2n) is 5.13. The van der Waals surface area contributed by atoms with E-state index in [0.29, 0.717) is 13.0 Å². The van der Waals surface area contributed by atoms with Gasteiger partial charge in [0, 0.05) is 12.5 Å². The lowest BCUT2D eigenvalue weighted by Crippen LogP contribution is -2.43. The van der Waals surface area contributed by atoms with Crippen LogP contribution in [-0.4, -0.2) is 41.5 Å². The number of aliphatic hydroxyl groups excluding tert-OH is 2. The summed E-state index contributed by atoms with van der Waals surface area (Å²) in [5.74, 6) is 0.0615. The summed E-state index contributed by atoms with van der Waals surface area (Å²) in [5, 5.41) is 23.9. The van der Waals surface area contributed by atoms with E-state index in [1.54, 1.807) is 13.8 Å². The Bertz CT molecular complexity index is 395. The standard InChI is InChI=1S/C15H24N2O3/c1-11(10-18)17-15(20)16-9-14(8-12(2)19)13-6-4-3-5-7-13/h3-7,11-12,14,18-19H,8-10H2,1-2H3,(H2,16,17,20)/t11-,12?,14?/m0/s1. The summed E-state index contributed by atoms with van der Waals surface area (Å²) in [4.78, 5) is 11.6. The summed E-state index contributed by atoms with van der Waals surface area (Å²) in [6.07, 6.45) is 0.154. The molecule has 0 aliphatic carbocycles. The zero-order chi connectivity index (χ0) is 15.0. The van der Waals surface area contributed by atoms with Crippen molar-refractivity contribution in [2.45, 2.75) is 38.3 Å². The van der Waals surface area contributed by atoms with Crippen molar-refractivity contribution in [3.05, 3.63) is 35.9 Å². The van der Waals surface area contributed by atoms with E-state index in [1.165, 1.54) is 0 Å². The van der Waals surface area contributed by atoms with Gasteiger partial charge in [-0.2, -0.15) is 0 Å². The number of benzene rings is 1. The van der Waals surface area contributed by atoms with Crippen LogP contribution in [0, 0.1) is 0 Å². The first kappa shape index (κ1) is 16.5. The maximum Gasteiger partial charge on any atom is 0.315 e. The molecule has 0 fully saturated rings. The van der Waals surface area contributed by atoms with Crippen LogP contribution in [0.5, 0.6) is 0 Å². The number of hydrogen-bond donors (Lipinski definition) is 4. The van der Waals surface area contributed by atoms with Gasteiger partial charge in [0.15, 0.2) is 0 Å². The smallest absolute Gasteiger partial charge is 0.315 e. The number of hydrogen-bond acceptors (Lipinski definition) is 3. The van der Waals surface area contributed by atoms with Crippen molar-refractivity contribution in [2.75, 3.05) is 13.2 Å². The molecule has 1 aromatic carbocycles. The average Bonchev–Trinajstić information content (AvgIpc) is 2.43. The van der Waals surface area contributed by atoms with Crippen LogP contribution in [0.15, 0.2) is 30.3 Å². The molecule has 0 bridgehead atoms. The third-order valence-electron chi connectivity index (χ3n) is 3.06. The van der Waals surface area contributed by atoms with Gasteiger partial charge in [-0.05, 0) is 25.8 Å². The Hall–Kier alpha value is -1.59. The molecule has 3 atom stereocenters. The van der Waals surface area contributed by atoms with E-state index in [1.807, 2.05) is 30.3 Å². The maximum absolute atomic E-state index is 11.6. The minimum atomic E-state index is -0.429. The van der Waals surface area contributed by atoms with Gasteiger partial charge in [0.25, 0.3) is 0 Å². The molecule has 20 heavy (non-hydrogen) atoms. The number of urea groups is 1. The predicted octanol–water partition coefficient (Wildman–Crippen LogP) is 1.22. The van der Waals surface area contributed by atoms with E-state index < -0.39 is 6.10 Å². The molecule has 0 aromatic heterocycles. The lowest BCUT2D eigenvalue weighted by atomic mass is 9.93. The van der Waals surface area contributed by atoms with Crippen molar-refractivity contribution >= 4 is 6.03 Å². The third kappa shape index (κ3) is 6.04. The molecule has 0 spiro atoms. The Morgan fingerprint density at radius 1 is 1.25 bits per heavy atom. The third-order valence-corrected chi connectivity index (χ3v) is 3.06. The fourth-order valence-corrected chi connectivity index (χ4v) is 2.01. The molecule has 2 amide bonds. The molecule has 112 valence electrons. The molecule has 2 unspecified atom stereocenters. The van der Waals surface area contributed by atoms with Gasteiger partial charge >= 0.3 is 6.03 Å². The minimum absolute atomic E-state index is 0.0615. The van der Waals surface area contributed by atoms with Gasteiger partial charge in [0.1, 0.15) is 0 Å². The van der Waals surface area contributed by atoms with E-state index in [0.717, 1.165) is 5.56 Å². The highest BCUT2D eigenvalue weighted by Gasteiger charge is 2.15. The van der Waals surface area contributed by atoms with Crippen molar-refractivity contribution in [1.82, 2.24) is 10.6 Å². The highest BCUT2D eigenvalue weighted by molar-refractivity contribution is 5.74. The Kier molecular flexibility index (Phi) is 7.04. The van der Waals surface area contributed by atoms with E-state index in [2.05, 4.69) is 10.6 Å². The van der Waals surface area contributed by atoms with Gasteiger partial charge in [-0.15, -0.1) is 0 Å². The first-order chi connectivity index (χ1) is 9.52. The zero-order valence-corrected chi connectivity index (χ0v) is 12.0. The fourth-order valence-electron chi connectivity index (χ4n) is 2.01. The molecule has 0 saturated heterocycles. The van der Waals surface area contributed by atoms with Crippen LogP contribution in [0.2, 0.25) is 0 Å². The lowest BCUT2D eigenvalue weighted by molar-refractivity contribution is 0.173. The Labute approximate surface area is 120 Å². The van der Waals surface area contributed by atoms with E-state index in [9.17, 15) is 9.90 Å². The minimum Gasteiger partial charge on any atom is -0.394 e. The molecule has 0 heterocycles. The maximum atomic E-state index is 11.6. The van der Waals surface area contributed by atoms with Gasteiger partial charge in [0.05, 0.1) is 18.8 Å². The Balaban J connectivity index is 2.56. The van der Waals surface area contributed by atoms with Crippen molar-refractivity contribution in [1.29, 1.82) is 0 Å². The summed E-state index contributed by atoms with van der Waals surface area (Å²) in [6, 6.07) is 9.22. The number of aliphatic hydroxyl groups is 2. The summed E-state index contributed by atoms with van der Waals surface area (Å²) in [6.45, 7) is 3.82. The SMILES string of the molecule is CC(O)CC(CNC(=O)N[C@@H](C)CO)c1ccccc1. The lowest BCUT2D eigenvalue weighted by Gasteiger charge is -2.20. The Morgan fingerprint density at radius 2 is 1.90 bits per heavy atom. The molecule has 0 aliphatic heterocycles. The van der Waals surface area contributed by atoms with Crippen molar-refractivity contribution in [3.8, 4) is 0 Å². The van der Waals surface area contributed by atoms with Crippen molar-refractivity contribution in [3.63, 3.8) is 0 Å². The van der Waals surface area contributed by atoms with E-state index in [4.69, 9.17) is 5.11 Å². The molecular formula is C15H24N2O3. The van der Waals surface area contributed by atoms with Crippen LogP contribution in [-0.2, 0) is 0 Å². The average molecular weight is 280 g/mol. The summed E-state index contributed by atoms with van der Waals surface area (Å²) in [5.41, 5.74) is 1.09. The molecule has 0 radical (unpaired) electrons. The molecule has 1 rings (SSSR count). The second kappa shape index (κ2) is 8.55. The summed E-state index contributed by atoms with van der Waals surface area (Å²) < 4.78 is 0. The molecule has 5 heteroatoms. The van der Waals surface area contributed by atoms with Gasteiger partial charge in [0.2, 0.25) is 0 Å². The van der Waals surface area contributed by atoms with Crippen LogP contribution < -0.4 is 10.6 Å². The van der Waals surface area contributed by atoms with Crippen LogP contribution >= 0.6 is 0 Å². The summed E-state index contributed by atoms with van der Waals surface area (Å²) in [7, 11) is 0. The highest BCUT2D eigenvalue weighted by Crippen LogP contribution is 2.20. The van der Waals surface area contributed by atoms with Gasteiger partial charge in [-0.1, -0.05) is 30.3 Å². The van der Waals surface area contributed by atoms with E-state index >= 15 is 0 Å². The topological polar surface area (TPSA) is 81.6 Å². The predicted molar refractivity (Wildman–Crippen MR) is 78.6 cm³/mol. The van der Waals surface area contributed by atoms with Crippen molar-refractivity contribution in [2.24, 2.45) is 0 Å². The monoisotopic (exact) mass is 280 g/mol. The van der Waals surface area contributed by atoms with Crippen LogP contribution in [0.1, 0.15) is 31.7 Å². The molecule has 0 saturated carbocycles. The number of rotatable bonds is 7. The molecular weight excluding hydrogens is 256 g/mol. The van der Waals surface area contributed by atoms with Crippen LogP contribution in [0.4, 0.5) is 4.79 Å². The fraction of sp³-hybridized carbons (Fsp3) is 0.533. The van der Waals surface area contributed by atoms with Crippen LogP contribution in [0.3, 0.4) is 0 Å². The van der Waals surface area contributed by atoms with Gasteiger partial charge in [-0.25, -0.2) is 4.79 Å². The first-order valence-corrected chi connectivity index (χ1v) is 6.91. The highest BCUT2D eigenvalue weighted by atomic mass is 16.3. The largest absolute Gasteiger partial charge is 0.394 e. The number of amides is 2. The molecule has 5 nitrogen and oxygen atoms in total. The molecule has 1 aromatic rings. The quantitative estimate of drug-likeness (QED) is 0.606. The second-order valence-corrected chi connectivity index (χ2v) is 5.13. The normalized spacial score (nSPS) is 15.2. The van der Waals surface area contributed by atoms with E-state index in [-0.39, 0.29) is 24.6 Å². The van der Waals surface area contributed by atoms with Gasteiger partial charge in [-0.3, -0.25) is 0 Å². The zero-order valence-electron chi connectivity index (χ0n) is 12.0. The van der Waals surface area contributed by atoms with Crippen molar-refractivity contribution < 1.29 is 15.0 Å². The number of nitrogens with one attached hydrogen (secondary N) is 2. The molecule has 0 aliphatic rings. The number of carbonyl (C=O) groups excluding carboxylic acids is 1. The Morgan fingerprint density at radius 3 is 2.45 bits per heavy atom. The van der Waals surface area contributed by atoms with Gasteiger partial charge < -0.3 is 20.8 Å². The summed E-state index contributed by atoms with van der Waals surface area (Å²) >= 11 is 0. The first-order valence-electron chi connectivity index (χ1n) is 6.91. The molecule has 4 N–H and O–H groups in total. The number of carbonyl (C=O) groups is 1.